The molecule has 1 saturated heterocycles. The second-order valence-corrected chi connectivity index (χ2v) is 8.00. The Morgan fingerprint density at radius 1 is 1.28 bits per heavy atom. The Bertz CT molecular complexity index is 949. The third-order valence-corrected chi connectivity index (χ3v) is 5.95. The molecule has 0 saturated carbocycles. The summed E-state index contributed by atoms with van der Waals surface area (Å²) in [5, 5.41) is 3.13. The number of hydrogen-bond acceptors (Lipinski definition) is 8. The van der Waals surface area contributed by atoms with Crippen molar-refractivity contribution in [2.45, 2.75) is 18.8 Å². The first-order valence-corrected chi connectivity index (χ1v) is 10.6. The number of esters is 1. The number of hydrogen-bond donors (Lipinski definition) is 1. The van der Waals surface area contributed by atoms with E-state index in [-0.39, 0.29) is 16.5 Å². The Hall–Kier alpha value is -2.57. The zero-order valence-electron chi connectivity index (χ0n) is 16.8. The Morgan fingerprint density at radius 2 is 1.94 bits per heavy atom. The highest BCUT2D eigenvalue weighted by atomic mass is 35.5. The number of halogens is 4. The van der Waals surface area contributed by atoms with Gasteiger partial charge in [-0.3, -0.25) is 4.79 Å². The Labute approximate surface area is 190 Å². The molecule has 174 valence electrons. The van der Waals surface area contributed by atoms with Gasteiger partial charge in [0.25, 0.3) is 5.91 Å². The van der Waals surface area contributed by atoms with Crippen LogP contribution in [0.5, 0.6) is 5.75 Å². The number of thiazole rings is 1. The number of nitrogens with zero attached hydrogens (tertiary/aromatic N) is 2. The molecule has 1 atom stereocenters. The number of carbonyl (C=O) groups excluding carboxylic acids is 2. The third kappa shape index (κ3) is 6.47. The molecule has 13 heteroatoms. The summed E-state index contributed by atoms with van der Waals surface area (Å²) in [5.41, 5.74) is 0.486. The van der Waals surface area contributed by atoms with Gasteiger partial charge in [0, 0.05) is 19.5 Å². The quantitative estimate of drug-likeness (QED) is 0.593. The van der Waals surface area contributed by atoms with Crippen LogP contribution in [0.4, 0.5) is 18.3 Å². The van der Waals surface area contributed by atoms with Crippen molar-refractivity contribution in [1.82, 2.24) is 10.3 Å². The molecule has 8 nitrogen and oxygen atoms in total. The van der Waals surface area contributed by atoms with Crippen LogP contribution in [0.1, 0.15) is 15.2 Å². The van der Waals surface area contributed by atoms with Gasteiger partial charge in [0.05, 0.1) is 20.3 Å². The summed E-state index contributed by atoms with van der Waals surface area (Å²) in [7, 11) is 1.16. The van der Waals surface area contributed by atoms with Crippen molar-refractivity contribution in [2.24, 2.45) is 0 Å². The van der Waals surface area contributed by atoms with Crippen molar-refractivity contribution in [1.29, 1.82) is 0 Å². The van der Waals surface area contributed by atoms with Gasteiger partial charge in [0.15, 0.2) is 10.3 Å². The summed E-state index contributed by atoms with van der Waals surface area (Å²) in [6.45, 7) is 2.30. The maximum atomic E-state index is 12.8. The number of anilines is 1. The van der Waals surface area contributed by atoms with Gasteiger partial charge in [0.1, 0.15) is 16.7 Å². The lowest BCUT2D eigenvalue weighted by Crippen LogP contribution is -2.42. The lowest BCUT2D eigenvalue weighted by Gasteiger charge is -2.25. The van der Waals surface area contributed by atoms with Crippen LogP contribution in [0, 0.1) is 0 Å². The number of carbonyl (C=O) groups is 2. The van der Waals surface area contributed by atoms with Gasteiger partial charge in [-0.25, -0.2) is 9.78 Å². The molecule has 1 N–H and O–H groups in total. The van der Waals surface area contributed by atoms with E-state index in [0.29, 0.717) is 37.0 Å². The van der Waals surface area contributed by atoms with E-state index in [2.05, 4.69) is 15.0 Å². The van der Waals surface area contributed by atoms with Crippen LogP contribution in [0.15, 0.2) is 24.3 Å². The monoisotopic (exact) mass is 493 g/mol. The molecule has 1 fully saturated rings. The molecule has 0 bridgehead atoms. The van der Waals surface area contributed by atoms with Crippen molar-refractivity contribution < 1.29 is 37.0 Å². The minimum absolute atomic E-state index is 0.00580. The molecule has 1 amide bonds. The molecule has 3 rings (SSSR count). The maximum absolute atomic E-state index is 12.8. The summed E-state index contributed by atoms with van der Waals surface area (Å²) in [6, 6.07) is 3.87. The maximum Gasteiger partial charge on any atom is 0.573 e. The molecule has 1 aliphatic rings. The largest absolute Gasteiger partial charge is 0.573 e. The fraction of sp³-hybridized carbons (Fsp3) is 0.421. The van der Waals surface area contributed by atoms with Crippen molar-refractivity contribution in [3.63, 3.8) is 0 Å². The van der Waals surface area contributed by atoms with Gasteiger partial charge in [-0.05, 0) is 17.7 Å². The number of ether oxygens (including phenoxy) is 3. The average Bonchev–Trinajstić information content (AvgIpc) is 3.15. The fourth-order valence-corrected chi connectivity index (χ4v) is 4.19. The standard InChI is InChI=1S/C19H19ClF3N3O5S/c1-29-17(28)13(10-11-2-4-12(5-3-11)31-19(21,22)23)24-16(27)14-15(20)25-18(32-14)26-6-8-30-9-7-26/h2-5,13H,6-10H2,1H3,(H,24,27). The highest BCUT2D eigenvalue weighted by Gasteiger charge is 2.31. The van der Waals surface area contributed by atoms with Crippen LogP contribution < -0.4 is 15.0 Å². The molecular formula is C19H19ClF3N3O5S. The van der Waals surface area contributed by atoms with E-state index in [0.717, 1.165) is 30.6 Å². The van der Waals surface area contributed by atoms with Gasteiger partial charge in [-0.1, -0.05) is 35.1 Å². The van der Waals surface area contributed by atoms with E-state index in [4.69, 9.17) is 21.1 Å². The molecule has 2 aromatic rings. The topological polar surface area (TPSA) is 90.0 Å². The molecule has 32 heavy (non-hydrogen) atoms. The molecule has 1 aliphatic heterocycles. The predicted molar refractivity (Wildman–Crippen MR) is 110 cm³/mol. The summed E-state index contributed by atoms with van der Waals surface area (Å²) in [5.74, 6) is -1.73. The number of aromatic nitrogens is 1. The van der Waals surface area contributed by atoms with Gasteiger partial charge in [-0.2, -0.15) is 0 Å². The number of benzene rings is 1. The van der Waals surface area contributed by atoms with Crippen LogP contribution in [0.25, 0.3) is 0 Å². The predicted octanol–water partition coefficient (Wildman–Crippen LogP) is 3.05. The zero-order chi connectivity index (χ0) is 23.3. The smallest absolute Gasteiger partial charge is 0.467 e. The second-order valence-electron chi connectivity index (χ2n) is 6.66. The summed E-state index contributed by atoms with van der Waals surface area (Å²) in [6.07, 6.45) is -4.82. The number of nitrogens with one attached hydrogen (secondary N) is 1. The van der Waals surface area contributed by atoms with Gasteiger partial charge >= 0.3 is 12.3 Å². The van der Waals surface area contributed by atoms with Crippen LogP contribution >= 0.6 is 22.9 Å². The lowest BCUT2D eigenvalue weighted by atomic mass is 10.1. The molecule has 0 spiro atoms. The SMILES string of the molecule is COC(=O)C(Cc1ccc(OC(F)(F)F)cc1)NC(=O)c1sc(N2CCOCC2)nc1Cl. The van der Waals surface area contributed by atoms with Gasteiger partial charge < -0.3 is 24.4 Å². The first-order chi connectivity index (χ1) is 15.2. The first-order valence-electron chi connectivity index (χ1n) is 9.38. The first kappa shape index (κ1) is 24.1. The molecule has 0 radical (unpaired) electrons. The van der Waals surface area contributed by atoms with E-state index in [1.165, 1.54) is 12.1 Å². The number of alkyl halides is 3. The third-order valence-electron chi connectivity index (χ3n) is 4.45. The second kappa shape index (κ2) is 10.4. The number of methoxy groups -OCH3 is 1. The van der Waals surface area contributed by atoms with Gasteiger partial charge in [0.2, 0.25) is 0 Å². The van der Waals surface area contributed by atoms with Crippen LogP contribution in [0.3, 0.4) is 0 Å². The van der Waals surface area contributed by atoms with E-state index in [9.17, 15) is 22.8 Å². The molecule has 0 aliphatic carbocycles. The molecule has 1 aromatic heterocycles. The highest BCUT2D eigenvalue weighted by Crippen LogP contribution is 2.30. The lowest BCUT2D eigenvalue weighted by molar-refractivity contribution is -0.274. The summed E-state index contributed by atoms with van der Waals surface area (Å²) < 4.78 is 50.8. The van der Waals surface area contributed by atoms with E-state index in [1.54, 1.807) is 0 Å². The zero-order valence-corrected chi connectivity index (χ0v) is 18.4. The molecular weight excluding hydrogens is 475 g/mol. The average molecular weight is 494 g/mol. The number of morpholine rings is 1. The highest BCUT2D eigenvalue weighted by molar-refractivity contribution is 7.18. The Kier molecular flexibility index (Phi) is 7.80. The van der Waals surface area contributed by atoms with Crippen LogP contribution in [-0.4, -0.2) is 62.7 Å². The normalized spacial score (nSPS) is 15.2. The Balaban J connectivity index is 1.70. The van der Waals surface area contributed by atoms with Crippen molar-refractivity contribution in [3.8, 4) is 5.75 Å². The fourth-order valence-electron chi connectivity index (χ4n) is 2.94. The van der Waals surface area contributed by atoms with Crippen LogP contribution in [-0.2, 0) is 20.7 Å². The summed E-state index contributed by atoms with van der Waals surface area (Å²) in [4.78, 5) is 31.3. The van der Waals surface area contributed by atoms with E-state index < -0.39 is 30.0 Å². The van der Waals surface area contributed by atoms with Crippen molar-refractivity contribution in [3.05, 3.63) is 39.9 Å². The molecule has 2 heterocycles. The molecule has 1 unspecified atom stereocenters. The minimum atomic E-state index is -4.81. The van der Waals surface area contributed by atoms with Gasteiger partial charge in [-0.15, -0.1) is 13.2 Å². The van der Waals surface area contributed by atoms with Crippen LogP contribution in [0.2, 0.25) is 5.15 Å². The minimum Gasteiger partial charge on any atom is -0.467 e. The van der Waals surface area contributed by atoms with Crippen molar-refractivity contribution in [2.75, 3.05) is 38.3 Å². The number of amides is 1. The molecule has 1 aromatic carbocycles. The van der Waals surface area contributed by atoms with Crippen molar-refractivity contribution >= 4 is 39.9 Å². The number of rotatable bonds is 7. The summed E-state index contributed by atoms with van der Waals surface area (Å²) >= 11 is 7.23. The van der Waals surface area contributed by atoms with E-state index >= 15 is 0 Å². The van der Waals surface area contributed by atoms with E-state index in [1.807, 2.05) is 4.90 Å². The Morgan fingerprint density at radius 3 is 2.53 bits per heavy atom.